The van der Waals surface area contributed by atoms with E-state index in [1.807, 2.05) is 0 Å². The Labute approximate surface area is 389 Å². The first kappa shape index (κ1) is 50.3. The van der Waals surface area contributed by atoms with Gasteiger partial charge in [0.25, 0.3) is 0 Å². The Morgan fingerprint density at radius 2 is 0.868 bits per heavy atom. The molecule has 1 N–H and O–H groups in total. The second-order valence-corrected chi connectivity index (χ2v) is 14.0. The molecule has 0 spiro atoms. The fourth-order valence-corrected chi connectivity index (χ4v) is 5.82. The van der Waals surface area contributed by atoms with Crippen LogP contribution in [0.1, 0.15) is 56.8 Å². The lowest BCUT2D eigenvalue weighted by Crippen LogP contribution is -2.15. The van der Waals surface area contributed by atoms with E-state index >= 15 is 0 Å². The first-order valence-electron chi connectivity index (χ1n) is 20.8. The third-order valence-electron chi connectivity index (χ3n) is 9.17. The molecular weight excluding hydrogens is 885 g/mol. The zero-order valence-electron chi connectivity index (χ0n) is 36.4. The number of carbonyl (C=O) groups is 8. The standard InChI is InChI=1S/C51H44O17/c1-3-28-64-51(60)42-32-41(21-22-43(42)68-50(59)38-11-7-34(8-12-38)36-15-19-39(20-16-36)65-47(56)25-23-45(54)61-29-27-52)67-49(58)37-9-5-33(6-10-37)35-13-17-40(18-14-35)66-48(57)26-24-46(55)63-31-30-62-44(53)4-2/h3-22,32,52H,1-2,23-31H2. The number of hydrogen-bond donors (Lipinski definition) is 1. The number of aliphatic hydroxyl groups excluding tert-OH is 1. The van der Waals surface area contributed by atoms with Crippen molar-refractivity contribution in [2.45, 2.75) is 25.7 Å². The van der Waals surface area contributed by atoms with E-state index in [4.69, 9.17) is 43.0 Å². The number of hydrogen-bond acceptors (Lipinski definition) is 17. The zero-order chi connectivity index (χ0) is 48.8. The quantitative estimate of drug-likeness (QED) is 0.0174. The van der Waals surface area contributed by atoms with Gasteiger partial charge in [0.15, 0.2) is 0 Å². The van der Waals surface area contributed by atoms with E-state index in [1.165, 1.54) is 48.5 Å². The maximum Gasteiger partial charge on any atom is 0.343 e. The van der Waals surface area contributed by atoms with Crippen LogP contribution in [0.4, 0.5) is 0 Å². The van der Waals surface area contributed by atoms with Gasteiger partial charge in [-0.1, -0.05) is 67.8 Å². The van der Waals surface area contributed by atoms with Crippen LogP contribution in [0, 0.1) is 0 Å². The molecule has 0 aliphatic rings. The van der Waals surface area contributed by atoms with E-state index in [0.717, 1.165) is 28.3 Å². The highest BCUT2D eigenvalue weighted by Gasteiger charge is 2.21. The van der Waals surface area contributed by atoms with Gasteiger partial charge in [-0.05, 0) is 89.0 Å². The number of carbonyl (C=O) groups excluding carboxylic acids is 8. The summed E-state index contributed by atoms with van der Waals surface area (Å²) in [5.74, 6) is -5.34. The van der Waals surface area contributed by atoms with Crippen molar-refractivity contribution in [3.8, 4) is 45.3 Å². The molecule has 17 heteroatoms. The topological polar surface area (TPSA) is 231 Å². The lowest BCUT2D eigenvalue weighted by molar-refractivity contribution is -0.151. The van der Waals surface area contributed by atoms with Crippen molar-refractivity contribution in [1.29, 1.82) is 0 Å². The number of aliphatic hydroxyl groups is 1. The lowest BCUT2D eigenvalue weighted by atomic mass is 10.0. The van der Waals surface area contributed by atoms with Crippen LogP contribution < -0.4 is 18.9 Å². The van der Waals surface area contributed by atoms with E-state index in [-0.39, 0.29) is 98.4 Å². The van der Waals surface area contributed by atoms with Crippen molar-refractivity contribution >= 4 is 47.8 Å². The average Bonchev–Trinajstić information content (AvgIpc) is 3.35. The second kappa shape index (κ2) is 25.7. The third-order valence-corrected chi connectivity index (χ3v) is 9.17. The van der Waals surface area contributed by atoms with Gasteiger partial charge in [-0.15, -0.1) is 0 Å². The molecule has 17 nitrogen and oxygen atoms in total. The molecule has 5 rings (SSSR count). The lowest BCUT2D eigenvalue weighted by Gasteiger charge is -2.12. The summed E-state index contributed by atoms with van der Waals surface area (Å²) in [5, 5.41) is 8.72. The van der Waals surface area contributed by atoms with Gasteiger partial charge in [-0.25, -0.2) is 19.2 Å². The third kappa shape index (κ3) is 15.8. The number of esters is 8. The number of benzene rings is 5. The van der Waals surface area contributed by atoms with Crippen molar-refractivity contribution in [1.82, 2.24) is 0 Å². The van der Waals surface area contributed by atoms with Crippen LogP contribution in [-0.2, 0) is 42.9 Å². The van der Waals surface area contributed by atoms with E-state index in [1.54, 1.807) is 72.8 Å². The van der Waals surface area contributed by atoms with E-state index in [2.05, 4.69) is 13.2 Å². The Kier molecular flexibility index (Phi) is 19.0. The maximum absolute atomic E-state index is 13.3. The Hall–Kier alpha value is -8.70. The van der Waals surface area contributed by atoms with Gasteiger partial charge in [0.1, 0.15) is 55.0 Å². The fraction of sp³-hybridized carbons (Fsp3) is 0.176. The Balaban J connectivity index is 1.14. The summed E-state index contributed by atoms with van der Waals surface area (Å²) in [4.78, 5) is 98.3. The molecule has 350 valence electrons. The Bertz CT molecular complexity index is 2610. The van der Waals surface area contributed by atoms with E-state index < -0.39 is 47.8 Å². The van der Waals surface area contributed by atoms with Crippen LogP contribution in [0.15, 0.2) is 141 Å². The van der Waals surface area contributed by atoms with Crippen molar-refractivity contribution in [2.75, 3.05) is 33.0 Å². The fourth-order valence-electron chi connectivity index (χ4n) is 5.82. The van der Waals surface area contributed by atoms with Gasteiger partial charge >= 0.3 is 47.8 Å². The van der Waals surface area contributed by atoms with E-state index in [0.29, 0.717) is 0 Å². The molecule has 5 aromatic rings. The van der Waals surface area contributed by atoms with Gasteiger partial charge in [-0.2, -0.15) is 0 Å². The van der Waals surface area contributed by atoms with Crippen LogP contribution in [0.2, 0.25) is 0 Å². The minimum absolute atomic E-state index is 0.0397. The molecule has 0 heterocycles. The Morgan fingerprint density at radius 1 is 0.441 bits per heavy atom. The van der Waals surface area contributed by atoms with Gasteiger partial charge < -0.3 is 43.0 Å². The minimum Gasteiger partial charge on any atom is -0.463 e. The molecule has 5 aromatic carbocycles. The number of rotatable bonds is 23. The summed E-state index contributed by atoms with van der Waals surface area (Å²) in [6.07, 6.45) is 1.48. The predicted molar refractivity (Wildman–Crippen MR) is 240 cm³/mol. The second-order valence-electron chi connectivity index (χ2n) is 14.0. The highest BCUT2D eigenvalue weighted by molar-refractivity contribution is 5.97. The van der Waals surface area contributed by atoms with Crippen LogP contribution in [0.25, 0.3) is 22.3 Å². The first-order valence-corrected chi connectivity index (χ1v) is 20.8. The Morgan fingerprint density at radius 3 is 1.34 bits per heavy atom. The summed E-state index contributed by atoms with van der Waals surface area (Å²) in [5.41, 5.74) is 3.04. The van der Waals surface area contributed by atoms with Gasteiger partial charge in [-0.3, -0.25) is 19.2 Å². The predicted octanol–water partition coefficient (Wildman–Crippen LogP) is 6.98. The molecule has 68 heavy (non-hydrogen) atoms. The normalized spacial score (nSPS) is 10.4. The SMILES string of the molecule is C=CCOC(=O)c1cc(OC(=O)c2ccc(-c3ccc(OC(=O)CCC(=O)OCCOC(=O)C=C)cc3)cc2)ccc1OC(=O)c1ccc(-c2ccc(OC(=O)CCC(=O)OCCO)cc2)cc1. The molecular formula is C51H44O17. The van der Waals surface area contributed by atoms with Crippen LogP contribution in [0.3, 0.4) is 0 Å². The van der Waals surface area contributed by atoms with Crippen LogP contribution in [0.5, 0.6) is 23.0 Å². The maximum atomic E-state index is 13.3. The van der Waals surface area contributed by atoms with Crippen molar-refractivity contribution in [3.05, 3.63) is 157 Å². The van der Waals surface area contributed by atoms with Gasteiger partial charge in [0.2, 0.25) is 0 Å². The summed E-state index contributed by atoms with van der Waals surface area (Å²) < 4.78 is 41.3. The molecule has 0 aliphatic carbocycles. The largest absolute Gasteiger partial charge is 0.463 e. The molecule has 0 aliphatic heterocycles. The molecule has 0 aromatic heterocycles. The first-order chi connectivity index (χ1) is 32.8. The summed E-state index contributed by atoms with van der Waals surface area (Å²) in [7, 11) is 0. The highest BCUT2D eigenvalue weighted by atomic mass is 16.6. The van der Waals surface area contributed by atoms with E-state index in [9.17, 15) is 38.4 Å². The minimum atomic E-state index is -0.872. The molecule has 0 unspecified atom stereocenters. The monoisotopic (exact) mass is 928 g/mol. The van der Waals surface area contributed by atoms with Gasteiger partial charge in [0.05, 0.1) is 43.4 Å². The van der Waals surface area contributed by atoms with Crippen molar-refractivity contribution in [3.63, 3.8) is 0 Å². The summed E-state index contributed by atoms with van der Waals surface area (Å²) in [6.45, 7) is 5.88. The zero-order valence-corrected chi connectivity index (χ0v) is 36.4. The molecule has 0 amide bonds. The molecule has 0 saturated carbocycles. The average molecular weight is 929 g/mol. The smallest absolute Gasteiger partial charge is 0.343 e. The van der Waals surface area contributed by atoms with Crippen LogP contribution in [-0.4, -0.2) is 85.9 Å². The highest BCUT2D eigenvalue weighted by Crippen LogP contribution is 2.29. The van der Waals surface area contributed by atoms with Gasteiger partial charge in [0, 0.05) is 6.08 Å². The van der Waals surface area contributed by atoms with Crippen molar-refractivity contribution in [2.24, 2.45) is 0 Å². The summed E-state index contributed by atoms with van der Waals surface area (Å²) in [6, 6.07) is 29.8. The van der Waals surface area contributed by atoms with Crippen molar-refractivity contribution < 1.29 is 81.4 Å². The molecule has 0 atom stereocenters. The number of ether oxygens (including phenoxy) is 8. The molecule has 0 saturated heterocycles. The molecule has 0 radical (unpaired) electrons. The molecule has 0 fully saturated rings. The summed E-state index contributed by atoms with van der Waals surface area (Å²) >= 11 is 0. The van der Waals surface area contributed by atoms with Crippen LogP contribution >= 0.6 is 0 Å². The molecule has 0 bridgehead atoms.